The van der Waals surface area contributed by atoms with Crippen molar-refractivity contribution in [1.29, 1.82) is 5.26 Å². The van der Waals surface area contributed by atoms with Crippen molar-refractivity contribution < 1.29 is 5.11 Å². The van der Waals surface area contributed by atoms with Crippen molar-refractivity contribution in [2.45, 2.75) is 25.0 Å². The highest BCUT2D eigenvalue weighted by molar-refractivity contribution is 5.43. The zero-order chi connectivity index (χ0) is 17.2. The molecule has 4 atom stereocenters. The fourth-order valence-corrected chi connectivity index (χ4v) is 3.98. The Labute approximate surface area is 146 Å². The maximum absolute atomic E-state index is 10.5. The van der Waals surface area contributed by atoms with Gasteiger partial charge in [-0.2, -0.15) is 5.26 Å². The number of pyridine rings is 1. The SMILES string of the molecule is N#Cc1ccc(N2C[C@H]3C[C@@H](Nc4cnccn4)[C@H](O)C[C@H]3C2)nc1. The van der Waals surface area contributed by atoms with Gasteiger partial charge < -0.3 is 15.3 Å². The molecule has 128 valence electrons. The minimum Gasteiger partial charge on any atom is -0.391 e. The maximum atomic E-state index is 10.5. The van der Waals surface area contributed by atoms with Crippen LogP contribution in [0.3, 0.4) is 0 Å². The van der Waals surface area contributed by atoms with Gasteiger partial charge in [0, 0.05) is 31.7 Å². The average molecular weight is 336 g/mol. The number of nitrogens with zero attached hydrogens (tertiary/aromatic N) is 5. The Morgan fingerprint density at radius 2 is 1.96 bits per heavy atom. The van der Waals surface area contributed by atoms with Crippen LogP contribution in [0.25, 0.3) is 0 Å². The van der Waals surface area contributed by atoms with E-state index in [1.807, 2.05) is 6.07 Å². The highest BCUT2D eigenvalue weighted by Gasteiger charge is 2.42. The van der Waals surface area contributed by atoms with E-state index in [9.17, 15) is 5.11 Å². The zero-order valence-electron chi connectivity index (χ0n) is 13.8. The molecule has 2 fully saturated rings. The molecule has 7 heteroatoms. The number of fused-ring (bicyclic) bond motifs is 1. The smallest absolute Gasteiger partial charge is 0.144 e. The summed E-state index contributed by atoms with van der Waals surface area (Å²) in [6.07, 6.45) is 7.86. The van der Waals surface area contributed by atoms with Gasteiger partial charge >= 0.3 is 0 Å². The fourth-order valence-electron chi connectivity index (χ4n) is 3.98. The lowest BCUT2D eigenvalue weighted by molar-refractivity contribution is 0.0737. The van der Waals surface area contributed by atoms with E-state index in [0.29, 0.717) is 23.2 Å². The lowest BCUT2D eigenvalue weighted by atomic mass is 9.77. The van der Waals surface area contributed by atoms with Crippen LogP contribution in [0.15, 0.2) is 36.9 Å². The molecule has 0 amide bonds. The quantitative estimate of drug-likeness (QED) is 0.875. The first kappa shape index (κ1) is 15.8. The second kappa shape index (κ2) is 6.65. The molecule has 25 heavy (non-hydrogen) atoms. The number of hydrogen-bond acceptors (Lipinski definition) is 7. The van der Waals surface area contributed by atoms with Gasteiger partial charge in [-0.3, -0.25) is 4.98 Å². The molecular weight excluding hydrogens is 316 g/mol. The molecule has 0 unspecified atom stereocenters. The van der Waals surface area contributed by atoms with Crippen molar-refractivity contribution in [2.75, 3.05) is 23.3 Å². The van der Waals surface area contributed by atoms with Crippen molar-refractivity contribution in [3.8, 4) is 6.07 Å². The van der Waals surface area contributed by atoms with E-state index in [1.54, 1.807) is 30.9 Å². The van der Waals surface area contributed by atoms with Crippen LogP contribution >= 0.6 is 0 Å². The molecular formula is C18H20N6O. The number of anilines is 2. The van der Waals surface area contributed by atoms with Crippen LogP contribution in [-0.4, -0.2) is 45.3 Å². The Bertz CT molecular complexity index is 759. The van der Waals surface area contributed by atoms with Crippen LogP contribution in [0, 0.1) is 23.2 Å². The first-order valence-electron chi connectivity index (χ1n) is 8.54. The molecule has 0 aromatic carbocycles. The Morgan fingerprint density at radius 3 is 2.64 bits per heavy atom. The third-order valence-corrected chi connectivity index (χ3v) is 5.24. The van der Waals surface area contributed by atoms with E-state index in [4.69, 9.17) is 5.26 Å². The topological polar surface area (TPSA) is 98.0 Å². The van der Waals surface area contributed by atoms with E-state index in [1.165, 1.54) is 0 Å². The van der Waals surface area contributed by atoms with E-state index >= 15 is 0 Å². The van der Waals surface area contributed by atoms with Gasteiger partial charge in [-0.25, -0.2) is 9.97 Å². The summed E-state index contributed by atoms with van der Waals surface area (Å²) < 4.78 is 0. The molecule has 1 aliphatic carbocycles. The summed E-state index contributed by atoms with van der Waals surface area (Å²) in [7, 11) is 0. The van der Waals surface area contributed by atoms with Crippen LogP contribution in [0.1, 0.15) is 18.4 Å². The standard InChI is InChI=1S/C18H20N6O/c19-7-12-1-2-18(22-8-12)24-10-13-5-15(16(25)6-14(13)11-24)23-17-9-20-3-4-21-17/h1-4,8-9,13-16,25H,5-6,10-11H2,(H,21,23)/t13-,14+,15-,16-/m1/s1. The number of aliphatic hydroxyl groups excluding tert-OH is 1. The van der Waals surface area contributed by atoms with Gasteiger partial charge in [-0.15, -0.1) is 0 Å². The molecule has 0 spiro atoms. The molecule has 2 aromatic rings. The van der Waals surface area contributed by atoms with Gasteiger partial charge in [-0.05, 0) is 36.8 Å². The Morgan fingerprint density at radius 1 is 1.12 bits per heavy atom. The van der Waals surface area contributed by atoms with Crippen molar-refractivity contribution >= 4 is 11.6 Å². The van der Waals surface area contributed by atoms with Gasteiger partial charge in [0.05, 0.1) is 23.9 Å². The highest BCUT2D eigenvalue weighted by Crippen LogP contribution is 2.38. The summed E-state index contributed by atoms with van der Waals surface area (Å²) in [4.78, 5) is 15.0. The first-order valence-corrected chi connectivity index (χ1v) is 8.54. The Kier molecular flexibility index (Phi) is 4.20. The number of nitrogens with one attached hydrogen (secondary N) is 1. The Hall–Kier alpha value is -2.72. The van der Waals surface area contributed by atoms with Crippen LogP contribution in [0.5, 0.6) is 0 Å². The van der Waals surface area contributed by atoms with Crippen LogP contribution in [0.4, 0.5) is 11.6 Å². The van der Waals surface area contributed by atoms with Crippen molar-refractivity contribution in [3.63, 3.8) is 0 Å². The summed E-state index contributed by atoms with van der Waals surface area (Å²) >= 11 is 0. The molecule has 2 N–H and O–H groups in total. The van der Waals surface area contributed by atoms with Crippen molar-refractivity contribution in [3.05, 3.63) is 42.5 Å². The van der Waals surface area contributed by atoms with Crippen molar-refractivity contribution in [1.82, 2.24) is 15.0 Å². The van der Waals surface area contributed by atoms with Gasteiger partial charge in [0.2, 0.25) is 0 Å². The lowest BCUT2D eigenvalue weighted by Crippen LogP contribution is -2.43. The fraction of sp³-hybridized carbons (Fsp3) is 0.444. The number of hydrogen-bond donors (Lipinski definition) is 2. The minimum atomic E-state index is -0.392. The van der Waals surface area contributed by atoms with Gasteiger partial charge in [0.15, 0.2) is 0 Å². The van der Waals surface area contributed by atoms with Gasteiger partial charge in [-0.1, -0.05) is 0 Å². The first-order chi connectivity index (χ1) is 12.2. The van der Waals surface area contributed by atoms with E-state index < -0.39 is 6.10 Å². The number of aliphatic hydroxyl groups is 1. The summed E-state index contributed by atoms with van der Waals surface area (Å²) in [6.45, 7) is 1.83. The predicted octanol–water partition coefficient (Wildman–Crippen LogP) is 1.43. The lowest BCUT2D eigenvalue weighted by Gasteiger charge is -2.35. The maximum Gasteiger partial charge on any atom is 0.144 e. The van der Waals surface area contributed by atoms with E-state index in [-0.39, 0.29) is 6.04 Å². The summed E-state index contributed by atoms with van der Waals surface area (Å²) in [5, 5.41) is 22.7. The third kappa shape index (κ3) is 3.26. The number of nitriles is 1. The highest BCUT2D eigenvalue weighted by atomic mass is 16.3. The second-order valence-electron chi connectivity index (χ2n) is 6.82. The molecule has 4 rings (SSSR count). The molecule has 3 heterocycles. The third-order valence-electron chi connectivity index (χ3n) is 5.24. The van der Waals surface area contributed by atoms with Crippen molar-refractivity contribution in [2.24, 2.45) is 11.8 Å². The van der Waals surface area contributed by atoms with Gasteiger partial charge in [0.1, 0.15) is 17.7 Å². The van der Waals surface area contributed by atoms with Gasteiger partial charge in [0.25, 0.3) is 0 Å². The Balaban J connectivity index is 1.43. The summed E-state index contributed by atoms with van der Waals surface area (Å²) in [6, 6.07) is 5.80. The molecule has 7 nitrogen and oxygen atoms in total. The van der Waals surface area contributed by atoms with Crippen LogP contribution in [-0.2, 0) is 0 Å². The number of rotatable bonds is 3. The minimum absolute atomic E-state index is 0.00757. The predicted molar refractivity (Wildman–Crippen MR) is 92.8 cm³/mol. The normalized spacial score (nSPS) is 28.2. The largest absolute Gasteiger partial charge is 0.391 e. The number of aromatic nitrogens is 3. The van der Waals surface area contributed by atoms with Crippen LogP contribution < -0.4 is 10.2 Å². The zero-order valence-corrected chi connectivity index (χ0v) is 13.8. The molecule has 1 saturated heterocycles. The summed E-state index contributed by atoms with van der Waals surface area (Å²) in [5.74, 6) is 2.58. The molecule has 1 aliphatic heterocycles. The average Bonchev–Trinajstić information content (AvgIpc) is 3.05. The monoisotopic (exact) mass is 336 g/mol. The van der Waals surface area contributed by atoms with E-state index in [0.717, 1.165) is 31.7 Å². The molecule has 1 saturated carbocycles. The van der Waals surface area contributed by atoms with Crippen LogP contribution in [0.2, 0.25) is 0 Å². The second-order valence-corrected chi connectivity index (χ2v) is 6.82. The molecule has 2 aromatic heterocycles. The molecule has 0 bridgehead atoms. The van der Waals surface area contributed by atoms with E-state index in [2.05, 4.69) is 31.2 Å². The summed E-state index contributed by atoms with van der Waals surface area (Å²) in [5.41, 5.74) is 0.573. The molecule has 2 aliphatic rings. The molecule has 0 radical (unpaired) electrons.